The molecule has 1 heterocycles. The highest BCUT2D eigenvalue weighted by Gasteiger charge is 2.20. The summed E-state index contributed by atoms with van der Waals surface area (Å²) in [5.74, 6) is 1.22. The molecule has 0 radical (unpaired) electrons. The first kappa shape index (κ1) is 19.3. The number of amides is 2. The van der Waals surface area contributed by atoms with E-state index in [-0.39, 0.29) is 17.9 Å². The average Bonchev–Trinajstić information content (AvgIpc) is 3.25. The Morgan fingerprint density at radius 1 is 0.966 bits per heavy atom. The summed E-state index contributed by atoms with van der Waals surface area (Å²) < 4.78 is 11.1. The maximum absolute atomic E-state index is 12.6. The number of anilines is 1. The minimum atomic E-state index is -0.125. The van der Waals surface area contributed by atoms with E-state index in [1.165, 1.54) is 0 Å². The number of aryl methyl sites for hydroxylation is 1. The lowest BCUT2D eigenvalue weighted by atomic mass is 10.1. The van der Waals surface area contributed by atoms with Crippen molar-refractivity contribution in [2.75, 3.05) is 18.5 Å². The number of nitrogens with one attached hydrogen (secondary N) is 2. The van der Waals surface area contributed by atoms with E-state index in [1.54, 1.807) is 12.1 Å². The molecule has 0 atom stereocenters. The Kier molecular flexibility index (Phi) is 5.98. The second-order valence-corrected chi connectivity index (χ2v) is 7.53. The first-order valence-corrected chi connectivity index (χ1v) is 10.3. The van der Waals surface area contributed by atoms with Crippen LogP contribution in [0, 0.1) is 0 Å². The molecule has 1 saturated carbocycles. The van der Waals surface area contributed by atoms with Crippen molar-refractivity contribution in [2.24, 2.45) is 0 Å². The maximum Gasteiger partial charge on any atom is 0.253 e. The van der Waals surface area contributed by atoms with E-state index >= 15 is 0 Å². The van der Waals surface area contributed by atoms with Gasteiger partial charge in [-0.05, 0) is 49.1 Å². The van der Waals surface area contributed by atoms with Gasteiger partial charge in [0.25, 0.3) is 5.91 Å². The van der Waals surface area contributed by atoms with Gasteiger partial charge in [-0.1, -0.05) is 31.0 Å². The first-order valence-electron chi connectivity index (χ1n) is 10.3. The van der Waals surface area contributed by atoms with Gasteiger partial charge < -0.3 is 20.1 Å². The zero-order valence-corrected chi connectivity index (χ0v) is 16.4. The van der Waals surface area contributed by atoms with E-state index < -0.39 is 0 Å². The Labute approximate surface area is 170 Å². The summed E-state index contributed by atoms with van der Waals surface area (Å²) in [5.41, 5.74) is 2.07. The van der Waals surface area contributed by atoms with Gasteiger partial charge in [-0.3, -0.25) is 9.59 Å². The largest absolute Gasteiger partial charge is 0.486 e. The number of hydrogen-bond donors (Lipinski definition) is 2. The van der Waals surface area contributed by atoms with Crippen LogP contribution in [0.2, 0.25) is 0 Å². The van der Waals surface area contributed by atoms with Gasteiger partial charge in [0.15, 0.2) is 11.5 Å². The van der Waals surface area contributed by atoms with Crippen molar-refractivity contribution < 1.29 is 19.1 Å². The summed E-state index contributed by atoms with van der Waals surface area (Å²) in [6.07, 6.45) is 5.26. The quantitative estimate of drug-likeness (QED) is 0.783. The van der Waals surface area contributed by atoms with Gasteiger partial charge in [0.2, 0.25) is 5.91 Å². The summed E-state index contributed by atoms with van der Waals surface area (Å²) in [5, 5.41) is 5.97. The smallest absolute Gasteiger partial charge is 0.253 e. The highest BCUT2D eigenvalue weighted by atomic mass is 16.6. The van der Waals surface area contributed by atoms with Gasteiger partial charge in [0, 0.05) is 12.5 Å². The van der Waals surface area contributed by atoms with Gasteiger partial charge >= 0.3 is 0 Å². The molecule has 0 spiro atoms. The molecule has 152 valence electrons. The van der Waals surface area contributed by atoms with Crippen LogP contribution in [0.1, 0.15) is 48.0 Å². The van der Waals surface area contributed by atoms with Crippen LogP contribution in [-0.4, -0.2) is 31.1 Å². The van der Waals surface area contributed by atoms with Crippen molar-refractivity contribution in [3.8, 4) is 11.5 Å². The third-order valence-corrected chi connectivity index (χ3v) is 5.38. The molecule has 2 aromatic carbocycles. The van der Waals surface area contributed by atoms with Crippen molar-refractivity contribution in [2.45, 2.75) is 44.6 Å². The molecule has 1 aliphatic heterocycles. The second kappa shape index (κ2) is 8.99. The van der Waals surface area contributed by atoms with Crippen LogP contribution in [0.5, 0.6) is 11.5 Å². The Hall–Kier alpha value is -3.02. The zero-order chi connectivity index (χ0) is 20.1. The molecule has 0 saturated heterocycles. The van der Waals surface area contributed by atoms with Gasteiger partial charge in [-0.25, -0.2) is 0 Å². The zero-order valence-electron chi connectivity index (χ0n) is 16.4. The minimum absolute atomic E-state index is 0.124. The third kappa shape index (κ3) is 4.88. The molecule has 0 bridgehead atoms. The van der Waals surface area contributed by atoms with Gasteiger partial charge in [-0.15, -0.1) is 0 Å². The molecule has 2 aromatic rings. The third-order valence-electron chi connectivity index (χ3n) is 5.38. The minimum Gasteiger partial charge on any atom is -0.486 e. The molecule has 6 nitrogen and oxygen atoms in total. The van der Waals surface area contributed by atoms with Crippen molar-refractivity contribution in [1.29, 1.82) is 0 Å². The Balaban J connectivity index is 1.35. The van der Waals surface area contributed by atoms with Gasteiger partial charge in [-0.2, -0.15) is 0 Å². The molecule has 2 aliphatic rings. The molecule has 2 amide bonds. The number of hydrogen-bond acceptors (Lipinski definition) is 4. The Morgan fingerprint density at radius 2 is 1.72 bits per heavy atom. The van der Waals surface area contributed by atoms with Crippen LogP contribution in [0.15, 0.2) is 42.5 Å². The van der Waals surface area contributed by atoms with E-state index in [0.29, 0.717) is 37.3 Å². The molecule has 1 fully saturated rings. The average molecular weight is 394 g/mol. The highest BCUT2D eigenvalue weighted by Crippen LogP contribution is 2.31. The van der Waals surface area contributed by atoms with Crippen LogP contribution >= 0.6 is 0 Å². The highest BCUT2D eigenvalue weighted by molar-refractivity contribution is 6.03. The Bertz CT molecular complexity index is 890. The van der Waals surface area contributed by atoms with E-state index in [0.717, 1.165) is 42.7 Å². The van der Waals surface area contributed by atoms with Crippen molar-refractivity contribution in [1.82, 2.24) is 5.32 Å². The SMILES string of the molecule is O=C(CCc1ccc2c(c1)OCCO2)Nc1ccccc1C(=O)NC1CCCC1. The topological polar surface area (TPSA) is 76.7 Å². The van der Waals surface area contributed by atoms with Crippen molar-refractivity contribution >= 4 is 17.5 Å². The molecule has 4 rings (SSSR count). The Morgan fingerprint density at radius 3 is 2.55 bits per heavy atom. The predicted molar refractivity (Wildman–Crippen MR) is 111 cm³/mol. The molecule has 0 aromatic heterocycles. The molecule has 6 heteroatoms. The second-order valence-electron chi connectivity index (χ2n) is 7.53. The fourth-order valence-electron chi connectivity index (χ4n) is 3.84. The number of fused-ring (bicyclic) bond motifs is 1. The number of benzene rings is 2. The fraction of sp³-hybridized carbons (Fsp3) is 0.391. The molecular formula is C23H26N2O4. The summed E-state index contributed by atoms with van der Waals surface area (Å²) in [6, 6.07) is 13.1. The summed E-state index contributed by atoms with van der Waals surface area (Å²) >= 11 is 0. The van der Waals surface area contributed by atoms with Crippen molar-refractivity contribution in [3.63, 3.8) is 0 Å². The van der Waals surface area contributed by atoms with E-state index in [1.807, 2.05) is 30.3 Å². The standard InChI is InChI=1S/C23H26N2O4/c26-22(12-10-16-9-11-20-21(15-16)29-14-13-28-20)25-19-8-4-3-7-18(19)23(27)24-17-5-1-2-6-17/h3-4,7-9,11,15,17H,1-2,5-6,10,12-14H2,(H,24,27)(H,25,26). The number of ether oxygens (including phenoxy) is 2. The van der Waals surface area contributed by atoms with Crippen LogP contribution in [0.3, 0.4) is 0 Å². The fourth-order valence-corrected chi connectivity index (χ4v) is 3.84. The molecule has 2 N–H and O–H groups in total. The summed E-state index contributed by atoms with van der Waals surface area (Å²) in [6.45, 7) is 1.10. The van der Waals surface area contributed by atoms with Gasteiger partial charge in [0.1, 0.15) is 13.2 Å². The van der Waals surface area contributed by atoms with Gasteiger partial charge in [0.05, 0.1) is 11.3 Å². The lowest BCUT2D eigenvalue weighted by Gasteiger charge is -2.18. The monoisotopic (exact) mass is 394 g/mol. The van der Waals surface area contributed by atoms with Crippen LogP contribution in [0.25, 0.3) is 0 Å². The predicted octanol–water partition coefficient (Wildman–Crippen LogP) is 3.70. The number of rotatable bonds is 6. The summed E-state index contributed by atoms with van der Waals surface area (Å²) in [4.78, 5) is 25.1. The van der Waals surface area contributed by atoms with E-state index in [9.17, 15) is 9.59 Å². The summed E-state index contributed by atoms with van der Waals surface area (Å²) in [7, 11) is 0. The number of para-hydroxylation sites is 1. The number of carbonyl (C=O) groups excluding carboxylic acids is 2. The maximum atomic E-state index is 12.6. The molecule has 1 aliphatic carbocycles. The van der Waals surface area contributed by atoms with Crippen LogP contribution < -0.4 is 20.1 Å². The lowest BCUT2D eigenvalue weighted by molar-refractivity contribution is -0.116. The lowest BCUT2D eigenvalue weighted by Crippen LogP contribution is -2.33. The molecule has 0 unspecified atom stereocenters. The van der Waals surface area contributed by atoms with Crippen LogP contribution in [0.4, 0.5) is 5.69 Å². The molecule has 29 heavy (non-hydrogen) atoms. The molecular weight excluding hydrogens is 368 g/mol. The van der Waals surface area contributed by atoms with E-state index in [4.69, 9.17) is 9.47 Å². The number of carbonyl (C=O) groups is 2. The van der Waals surface area contributed by atoms with Crippen molar-refractivity contribution in [3.05, 3.63) is 53.6 Å². The normalized spacial score (nSPS) is 15.7. The first-order chi connectivity index (χ1) is 14.2. The van der Waals surface area contributed by atoms with E-state index in [2.05, 4.69) is 10.6 Å². The van der Waals surface area contributed by atoms with Crippen LogP contribution in [-0.2, 0) is 11.2 Å².